The maximum atomic E-state index is 6.47. The summed E-state index contributed by atoms with van der Waals surface area (Å²) in [5.41, 5.74) is 1.20. The van der Waals surface area contributed by atoms with Crippen molar-refractivity contribution >= 4 is 17.3 Å². The van der Waals surface area contributed by atoms with E-state index in [1.54, 1.807) is 7.11 Å². The van der Waals surface area contributed by atoms with Gasteiger partial charge in [-0.15, -0.1) is 0 Å². The molecule has 0 amide bonds. The number of likely N-dealkylation sites (tertiary alicyclic amines) is 1. The number of halogens is 1. The number of hydrogen-bond acceptors (Lipinski definition) is 5. The van der Waals surface area contributed by atoms with E-state index in [1.165, 1.54) is 70.1 Å². The Morgan fingerprint density at radius 3 is 2.07 bits per heavy atom. The van der Waals surface area contributed by atoms with Crippen LogP contribution in [-0.4, -0.2) is 74.0 Å². The smallest absolute Gasteiger partial charge is 0.137 e. The number of piperidine rings is 1. The molecule has 0 bridgehead atoms. The van der Waals surface area contributed by atoms with Gasteiger partial charge in [-0.05, 0) is 64.0 Å². The highest BCUT2D eigenvalue weighted by Gasteiger charge is 2.33. The molecule has 5 nitrogen and oxygen atoms in total. The van der Waals surface area contributed by atoms with Crippen LogP contribution in [-0.2, 0) is 0 Å². The summed E-state index contributed by atoms with van der Waals surface area (Å²) in [5.74, 6) is 0.750. The zero-order chi connectivity index (χ0) is 20.2. The minimum absolute atomic E-state index is 0.677. The molecule has 1 saturated carbocycles. The highest BCUT2D eigenvalue weighted by molar-refractivity contribution is 6.32. The third-order valence-electron chi connectivity index (χ3n) is 7.11. The zero-order valence-electron chi connectivity index (χ0n) is 18.2. The third-order valence-corrected chi connectivity index (χ3v) is 7.41. The number of ether oxygens (including phenoxy) is 1. The van der Waals surface area contributed by atoms with Gasteiger partial charge in [-0.1, -0.05) is 37.3 Å². The van der Waals surface area contributed by atoms with Crippen LogP contribution in [0.2, 0.25) is 5.02 Å². The molecule has 1 aromatic carbocycles. The second-order valence-corrected chi connectivity index (χ2v) is 9.55. The molecule has 2 saturated heterocycles. The van der Waals surface area contributed by atoms with Crippen LogP contribution >= 0.6 is 11.6 Å². The molecule has 0 radical (unpaired) electrons. The molecule has 0 aromatic heterocycles. The van der Waals surface area contributed by atoms with Crippen molar-refractivity contribution in [1.29, 1.82) is 0 Å². The predicted molar refractivity (Wildman–Crippen MR) is 121 cm³/mol. The van der Waals surface area contributed by atoms with Gasteiger partial charge in [-0.3, -0.25) is 9.80 Å². The lowest BCUT2D eigenvalue weighted by molar-refractivity contribution is 0.00500. The van der Waals surface area contributed by atoms with Gasteiger partial charge >= 0.3 is 0 Å². The van der Waals surface area contributed by atoms with E-state index in [2.05, 4.69) is 38.8 Å². The maximum Gasteiger partial charge on any atom is 0.137 e. The van der Waals surface area contributed by atoms with E-state index >= 15 is 0 Å². The number of rotatable bonds is 4. The Morgan fingerprint density at radius 2 is 1.48 bits per heavy atom. The maximum absolute atomic E-state index is 6.47. The van der Waals surface area contributed by atoms with Crippen LogP contribution in [0.3, 0.4) is 0 Å². The molecule has 0 unspecified atom stereocenters. The van der Waals surface area contributed by atoms with Gasteiger partial charge in [0.05, 0.1) is 32.1 Å². The van der Waals surface area contributed by atoms with Crippen molar-refractivity contribution in [3.8, 4) is 5.75 Å². The second-order valence-electron chi connectivity index (χ2n) is 9.14. The van der Waals surface area contributed by atoms with Crippen LogP contribution in [0.15, 0.2) is 18.2 Å². The molecule has 0 atom stereocenters. The Kier molecular flexibility index (Phi) is 7.22. The van der Waals surface area contributed by atoms with Crippen molar-refractivity contribution in [3.63, 3.8) is 0 Å². The first kappa shape index (κ1) is 21.2. The summed E-state index contributed by atoms with van der Waals surface area (Å²) in [6.45, 7) is 5.51. The fraction of sp³-hybridized carbons (Fsp3) is 0.739. The third kappa shape index (κ3) is 5.19. The molecule has 0 N–H and O–H groups in total. The molecular formula is C23H37ClN4O. The standard InChI is InChI=1S/C23H37ClN4O/c1-25-13-11-20(12-14-25)27-16-26(19-7-5-3-4-6-8-19)17-28(18-27)21-9-10-23(29-2)22(24)15-21/h9-10,15,19-20H,3-8,11-14,16-18H2,1-2H3. The van der Waals surface area contributed by atoms with Gasteiger partial charge in [-0.25, -0.2) is 0 Å². The monoisotopic (exact) mass is 420 g/mol. The van der Waals surface area contributed by atoms with Crippen molar-refractivity contribution in [2.45, 2.75) is 63.5 Å². The van der Waals surface area contributed by atoms with E-state index in [4.69, 9.17) is 16.3 Å². The summed E-state index contributed by atoms with van der Waals surface area (Å²) in [5, 5.41) is 0.697. The van der Waals surface area contributed by atoms with E-state index in [1.807, 2.05) is 6.07 Å². The molecule has 1 aliphatic carbocycles. The number of benzene rings is 1. The molecule has 2 aliphatic heterocycles. The average molecular weight is 421 g/mol. The molecule has 162 valence electrons. The Balaban J connectivity index is 1.54. The summed E-state index contributed by atoms with van der Waals surface area (Å²) in [6.07, 6.45) is 10.8. The van der Waals surface area contributed by atoms with Crippen molar-refractivity contribution in [1.82, 2.24) is 14.7 Å². The zero-order valence-corrected chi connectivity index (χ0v) is 18.9. The Hall–Kier alpha value is -1.01. The van der Waals surface area contributed by atoms with Crippen molar-refractivity contribution in [2.24, 2.45) is 0 Å². The number of nitrogens with zero attached hydrogens (tertiary/aromatic N) is 4. The SMILES string of the molecule is COc1ccc(N2CN(C3CCCCCC3)CN(C3CCN(C)CC3)C2)cc1Cl. The number of anilines is 1. The van der Waals surface area contributed by atoms with Gasteiger partial charge in [0.25, 0.3) is 0 Å². The van der Waals surface area contributed by atoms with Gasteiger partial charge in [-0.2, -0.15) is 0 Å². The first-order chi connectivity index (χ1) is 14.1. The fourth-order valence-electron chi connectivity index (χ4n) is 5.27. The van der Waals surface area contributed by atoms with E-state index in [0.717, 1.165) is 25.8 Å². The van der Waals surface area contributed by atoms with Gasteiger partial charge in [0, 0.05) is 17.8 Å². The molecule has 1 aromatic rings. The first-order valence-electron chi connectivity index (χ1n) is 11.4. The Labute approximate surface area is 181 Å². The van der Waals surface area contributed by atoms with E-state index in [9.17, 15) is 0 Å². The van der Waals surface area contributed by atoms with Crippen LogP contribution in [0.5, 0.6) is 5.75 Å². The van der Waals surface area contributed by atoms with Gasteiger partial charge in [0.2, 0.25) is 0 Å². The highest BCUT2D eigenvalue weighted by atomic mass is 35.5. The molecule has 3 fully saturated rings. The quantitative estimate of drug-likeness (QED) is 0.668. The molecule has 2 heterocycles. The van der Waals surface area contributed by atoms with E-state index < -0.39 is 0 Å². The fourth-order valence-corrected chi connectivity index (χ4v) is 5.52. The molecule has 29 heavy (non-hydrogen) atoms. The van der Waals surface area contributed by atoms with Crippen LogP contribution in [0.25, 0.3) is 0 Å². The molecule has 0 spiro atoms. The number of hydrogen-bond donors (Lipinski definition) is 0. The van der Waals surface area contributed by atoms with Crippen LogP contribution < -0.4 is 9.64 Å². The van der Waals surface area contributed by atoms with E-state index in [-0.39, 0.29) is 0 Å². The summed E-state index contributed by atoms with van der Waals surface area (Å²) in [7, 11) is 3.92. The average Bonchev–Trinajstić information content (AvgIpc) is 3.03. The van der Waals surface area contributed by atoms with Crippen LogP contribution in [0.4, 0.5) is 5.69 Å². The lowest BCUT2D eigenvalue weighted by Crippen LogP contribution is -2.61. The largest absolute Gasteiger partial charge is 0.495 e. The first-order valence-corrected chi connectivity index (χ1v) is 11.8. The van der Waals surface area contributed by atoms with Crippen molar-refractivity contribution in [3.05, 3.63) is 23.2 Å². The normalized spacial score (nSPS) is 24.6. The minimum atomic E-state index is 0.677. The van der Waals surface area contributed by atoms with Crippen LogP contribution in [0, 0.1) is 0 Å². The van der Waals surface area contributed by atoms with Crippen molar-refractivity contribution < 1.29 is 4.74 Å². The molecule has 4 rings (SSSR count). The second kappa shape index (κ2) is 9.86. The van der Waals surface area contributed by atoms with Gasteiger partial charge in [0.1, 0.15) is 5.75 Å². The molecular weight excluding hydrogens is 384 g/mol. The summed E-state index contributed by atoms with van der Waals surface area (Å²) in [6, 6.07) is 7.62. The lowest BCUT2D eigenvalue weighted by Gasteiger charge is -2.50. The Bertz CT molecular complexity index is 656. The minimum Gasteiger partial charge on any atom is -0.495 e. The molecule has 6 heteroatoms. The van der Waals surface area contributed by atoms with Gasteiger partial charge < -0.3 is 14.5 Å². The summed E-state index contributed by atoms with van der Waals surface area (Å²) >= 11 is 6.47. The van der Waals surface area contributed by atoms with Crippen molar-refractivity contribution in [2.75, 3.05) is 52.2 Å². The lowest BCUT2D eigenvalue weighted by atomic mass is 10.0. The summed E-state index contributed by atoms with van der Waals surface area (Å²) in [4.78, 5) is 10.4. The topological polar surface area (TPSA) is 22.2 Å². The molecule has 3 aliphatic rings. The Morgan fingerprint density at radius 1 is 0.862 bits per heavy atom. The highest BCUT2D eigenvalue weighted by Crippen LogP contribution is 2.32. The number of methoxy groups -OCH3 is 1. The predicted octanol–water partition coefficient (Wildman–Crippen LogP) is 4.46. The van der Waals surface area contributed by atoms with Gasteiger partial charge in [0.15, 0.2) is 0 Å². The van der Waals surface area contributed by atoms with E-state index in [0.29, 0.717) is 17.1 Å². The van der Waals surface area contributed by atoms with Crippen LogP contribution in [0.1, 0.15) is 51.4 Å². The summed E-state index contributed by atoms with van der Waals surface area (Å²) < 4.78 is 5.37.